The summed E-state index contributed by atoms with van der Waals surface area (Å²) in [6, 6.07) is 3.99. The second-order valence-electron chi connectivity index (χ2n) is 4.15. The van der Waals surface area contributed by atoms with Crippen LogP contribution in [0.5, 0.6) is 17.2 Å². The number of hydrogen-bond donors (Lipinski definition) is 1. The van der Waals surface area contributed by atoms with Gasteiger partial charge in [0.05, 0.1) is 25.9 Å². The first kappa shape index (κ1) is 16.4. The molecule has 4 heteroatoms. The van der Waals surface area contributed by atoms with Crippen LogP contribution in [0.1, 0.15) is 32.4 Å². The minimum Gasteiger partial charge on any atom is -0.490 e. The first-order valence-electron chi connectivity index (χ1n) is 7.07. The zero-order valence-corrected chi connectivity index (χ0v) is 12.9. The van der Waals surface area contributed by atoms with E-state index in [4.69, 9.17) is 14.2 Å². The summed E-state index contributed by atoms with van der Waals surface area (Å²) in [5.41, 5.74) is 1.04. The van der Waals surface area contributed by atoms with Gasteiger partial charge in [-0.05, 0) is 45.5 Å². The molecule has 1 unspecified atom stereocenters. The van der Waals surface area contributed by atoms with Crippen molar-refractivity contribution >= 4 is 0 Å². The Bertz CT molecular complexity index is 405. The summed E-state index contributed by atoms with van der Waals surface area (Å²) >= 11 is 0. The van der Waals surface area contributed by atoms with Crippen LogP contribution in [0.3, 0.4) is 0 Å². The fraction of sp³-hybridized carbons (Fsp3) is 0.500. The van der Waals surface area contributed by atoms with E-state index in [1.807, 2.05) is 46.0 Å². The van der Waals surface area contributed by atoms with E-state index < -0.39 is 0 Å². The van der Waals surface area contributed by atoms with Gasteiger partial charge in [-0.3, -0.25) is 0 Å². The van der Waals surface area contributed by atoms with E-state index in [1.165, 1.54) is 0 Å². The van der Waals surface area contributed by atoms with Crippen LogP contribution in [-0.2, 0) is 0 Å². The molecule has 0 bridgehead atoms. The van der Waals surface area contributed by atoms with Gasteiger partial charge in [-0.1, -0.05) is 6.08 Å². The Kier molecular flexibility index (Phi) is 6.94. The minimum atomic E-state index is 0.0455. The van der Waals surface area contributed by atoms with Gasteiger partial charge in [-0.2, -0.15) is 0 Å². The largest absolute Gasteiger partial charge is 0.490 e. The summed E-state index contributed by atoms with van der Waals surface area (Å²) in [5, 5.41) is 3.19. The Morgan fingerprint density at radius 2 is 1.55 bits per heavy atom. The summed E-state index contributed by atoms with van der Waals surface area (Å²) in [6.45, 7) is 11.4. The standard InChI is InChI=1S/C16H25NO3/c1-6-13(17-5)12-10-14(18-7-2)16(20-9-4)15(11-12)19-8-3/h6,10-11,13,17H,1,7-9H2,2-5H3. The highest BCUT2D eigenvalue weighted by Gasteiger charge is 2.17. The fourth-order valence-electron chi connectivity index (χ4n) is 2.01. The third-order valence-electron chi connectivity index (χ3n) is 2.84. The van der Waals surface area contributed by atoms with Crippen molar-refractivity contribution < 1.29 is 14.2 Å². The van der Waals surface area contributed by atoms with Gasteiger partial charge in [0, 0.05) is 0 Å². The van der Waals surface area contributed by atoms with Crippen LogP contribution in [0.15, 0.2) is 24.8 Å². The molecule has 1 N–H and O–H groups in total. The fourth-order valence-corrected chi connectivity index (χ4v) is 2.01. The molecule has 20 heavy (non-hydrogen) atoms. The van der Waals surface area contributed by atoms with Crippen molar-refractivity contribution in [2.45, 2.75) is 26.8 Å². The summed E-state index contributed by atoms with van der Waals surface area (Å²) < 4.78 is 17.1. The Balaban J connectivity index is 3.31. The lowest BCUT2D eigenvalue weighted by Crippen LogP contribution is -2.14. The predicted octanol–water partition coefficient (Wildman–Crippen LogP) is 3.33. The van der Waals surface area contributed by atoms with E-state index in [1.54, 1.807) is 0 Å². The molecule has 0 spiro atoms. The number of benzene rings is 1. The van der Waals surface area contributed by atoms with Crippen LogP contribution < -0.4 is 19.5 Å². The Hall–Kier alpha value is -1.68. The molecule has 1 aromatic rings. The first-order valence-corrected chi connectivity index (χ1v) is 7.07. The molecule has 0 aliphatic heterocycles. The molecule has 4 nitrogen and oxygen atoms in total. The van der Waals surface area contributed by atoms with Crippen LogP contribution in [0.25, 0.3) is 0 Å². The lowest BCUT2D eigenvalue weighted by Gasteiger charge is -2.19. The van der Waals surface area contributed by atoms with Gasteiger partial charge in [-0.15, -0.1) is 6.58 Å². The maximum atomic E-state index is 5.69. The molecule has 112 valence electrons. The molecule has 0 aliphatic rings. The van der Waals surface area contributed by atoms with E-state index in [-0.39, 0.29) is 6.04 Å². The lowest BCUT2D eigenvalue weighted by atomic mass is 10.1. The highest BCUT2D eigenvalue weighted by molar-refractivity contribution is 5.55. The van der Waals surface area contributed by atoms with Crippen LogP contribution in [-0.4, -0.2) is 26.9 Å². The summed E-state index contributed by atoms with van der Waals surface area (Å²) in [7, 11) is 1.89. The van der Waals surface area contributed by atoms with Crippen molar-refractivity contribution in [1.82, 2.24) is 5.32 Å². The van der Waals surface area contributed by atoms with Gasteiger partial charge >= 0.3 is 0 Å². The highest BCUT2D eigenvalue weighted by atomic mass is 16.5. The van der Waals surface area contributed by atoms with E-state index >= 15 is 0 Å². The molecular weight excluding hydrogens is 254 g/mol. The quantitative estimate of drug-likeness (QED) is 0.704. The molecule has 1 atom stereocenters. The van der Waals surface area contributed by atoms with E-state index in [2.05, 4.69) is 11.9 Å². The van der Waals surface area contributed by atoms with Crippen molar-refractivity contribution in [2.75, 3.05) is 26.9 Å². The number of hydrogen-bond acceptors (Lipinski definition) is 4. The summed E-state index contributed by atoms with van der Waals surface area (Å²) in [6.07, 6.45) is 1.85. The zero-order chi connectivity index (χ0) is 15.0. The van der Waals surface area contributed by atoms with Crippen LogP contribution in [0, 0.1) is 0 Å². The third kappa shape index (κ3) is 3.90. The third-order valence-corrected chi connectivity index (χ3v) is 2.84. The summed E-state index contributed by atoms with van der Waals surface area (Å²) in [4.78, 5) is 0. The average Bonchev–Trinajstić information content (AvgIpc) is 2.44. The first-order chi connectivity index (χ1) is 9.71. The maximum absolute atomic E-state index is 5.69. The second-order valence-corrected chi connectivity index (χ2v) is 4.15. The van der Waals surface area contributed by atoms with Crippen LogP contribution >= 0.6 is 0 Å². The molecule has 0 aliphatic carbocycles. The molecule has 0 fully saturated rings. The van der Waals surface area contributed by atoms with E-state index in [0.29, 0.717) is 37.1 Å². The molecule has 1 aromatic carbocycles. The Morgan fingerprint density at radius 3 is 1.90 bits per heavy atom. The molecule has 0 heterocycles. The van der Waals surface area contributed by atoms with Crippen molar-refractivity contribution in [3.8, 4) is 17.2 Å². The monoisotopic (exact) mass is 279 g/mol. The highest BCUT2D eigenvalue weighted by Crippen LogP contribution is 2.40. The second kappa shape index (κ2) is 8.48. The van der Waals surface area contributed by atoms with Crippen LogP contribution in [0.4, 0.5) is 0 Å². The summed E-state index contributed by atoms with van der Waals surface area (Å²) in [5.74, 6) is 2.08. The molecule has 0 radical (unpaired) electrons. The zero-order valence-electron chi connectivity index (χ0n) is 12.9. The SMILES string of the molecule is C=CC(NC)c1cc(OCC)c(OCC)c(OCC)c1. The predicted molar refractivity (Wildman–Crippen MR) is 81.9 cm³/mol. The van der Waals surface area contributed by atoms with Crippen molar-refractivity contribution in [3.05, 3.63) is 30.4 Å². The molecule has 1 rings (SSSR count). The van der Waals surface area contributed by atoms with Gasteiger partial charge in [0.25, 0.3) is 0 Å². The van der Waals surface area contributed by atoms with Gasteiger partial charge < -0.3 is 19.5 Å². The molecule has 0 aromatic heterocycles. The van der Waals surface area contributed by atoms with Crippen molar-refractivity contribution in [3.63, 3.8) is 0 Å². The Morgan fingerprint density at radius 1 is 1.05 bits per heavy atom. The maximum Gasteiger partial charge on any atom is 0.203 e. The molecular formula is C16H25NO3. The van der Waals surface area contributed by atoms with Crippen molar-refractivity contribution in [1.29, 1.82) is 0 Å². The normalized spacial score (nSPS) is 11.8. The number of ether oxygens (including phenoxy) is 3. The number of likely N-dealkylation sites (N-methyl/N-ethyl adjacent to an activating group) is 1. The smallest absolute Gasteiger partial charge is 0.203 e. The van der Waals surface area contributed by atoms with Gasteiger partial charge in [0.2, 0.25) is 5.75 Å². The number of rotatable bonds is 9. The molecule has 0 amide bonds. The van der Waals surface area contributed by atoms with E-state index in [9.17, 15) is 0 Å². The minimum absolute atomic E-state index is 0.0455. The van der Waals surface area contributed by atoms with Gasteiger partial charge in [0.1, 0.15) is 0 Å². The molecule has 0 saturated heterocycles. The van der Waals surface area contributed by atoms with Gasteiger partial charge in [0.15, 0.2) is 11.5 Å². The van der Waals surface area contributed by atoms with Crippen molar-refractivity contribution in [2.24, 2.45) is 0 Å². The number of nitrogens with one attached hydrogen (secondary N) is 1. The average molecular weight is 279 g/mol. The lowest BCUT2D eigenvalue weighted by molar-refractivity contribution is 0.260. The van der Waals surface area contributed by atoms with E-state index in [0.717, 1.165) is 5.56 Å². The van der Waals surface area contributed by atoms with Gasteiger partial charge in [-0.25, -0.2) is 0 Å². The van der Waals surface area contributed by atoms with Crippen LogP contribution in [0.2, 0.25) is 0 Å². The molecule has 0 saturated carbocycles. The topological polar surface area (TPSA) is 39.7 Å². The Labute approximate surface area is 121 Å².